The van der Waals surface area contributed by atoms with E-state index in [-0.39, 0.29) is 11.3 Å². The summed E-state index contributed by atoms with van der Waals surface area (Å²) in [7, 11) is 5.40. The monoisotopic (exact) mass is 519 g/mol. The Morgan fingerprint density at radius 1 is 1.06 bits per heavy atom. The number of rotatable bonds is 5. The van der Waals surface area contributed by atoms with Crippen LogP contribution in [0.3, 0.4) is 0 Å². The number of ketones is 1. The third kappa shape index (κ3) is 4.08. The summed E-state index contributed by atoms with van der Waals surface area (Å²) < 4.78 is 5.99. The first-order chi connectivity index (χ1) is 17.3. The Morgan fingerprint density at radius 3 is 2.39 bits per heavy atom. The molecule has 36 heavy (non-hydrogen) atoms. The van der Waals surface area contributed by atoms with E-state index >= 15 is 0 Å². The lowest BCUT2D eigenvalue weighted by Crippen LogP contribution is -2.29. The van der Waals surface area contributed by atoms with Crippen molar-refractivity contribution in [2.75, 3.05) is 31.0 Å². The number of Topliss-reactive ketones (excluding diaryl/α,β-unsaturated/α-hetero) is 1. The lowest BCUT2D eigenvalue weighted by molar-refractivity contribution is -0.132. The summed E-state index contributed by atoms with van der Waals surface area (Å²) in [5.74, 6) is -1.18. The maximum absolute atomic E-state index is 13.4. The van der Waals surface area contributed by atoms with Gasteiger partial charge in [-0.15, -0.1) is 0 Å². The number of hydrogen-bond donors (Lipinski definition) is 1. The van der Waals surface area contributed by atoms with E-state index in [0.29, 0.717) is 32.5 Å². The number of aromatic nitrogens is 1. The number of anilines is 2. The normalized spacial score (nSPS) is 17.1. The molecule has 0 aliphatic carbocycles. The van der Waals surface area contributed by atoms with Crippen molar-refractivity contribution in [3.05, 3.63) is 88.5 Å². The van der Waals surface area contributed by atoms with Gasteiger partial charge in [-0.1, -0.05) is 35.1 Å². The fourth-order valence-corrected chi connectivity index (χ4v) is 5.46. The Morgan fingerprint density at radius 2 is 1.75 bits per heavy atom. The Kier molecular flexibility index (Phi) is 6.15. The van der Waals surface area contributed by atoms with Gasteiger partial charge in [-0.25, -0.2) is 4.98 Å². The van der Waals surface area contributed by atoms with Gasteiger partial charge in [0.05, 0.1) is 28.9 Å². The van der Waals surface area contributed by atoms with Crippen LogP contribution in [0.5, 0.6) is 5.75 Å². The molecule has 9 heteroatoms. The predicted molar refractivity (Wildman–Crippen MR) is 143 cm³/mol. The molecule has 1 saturated heterocycles. The molecule has 0 spiro atoms. The first kappa shape index (κ1) is 23.8. The zero-order valence-corrected chi connectivity index (χ0v) is 21.3. The number of fused-ring (bicyclic) bond motifs is 1. The number of benzene rings is 3. The Hall–Kier alpha value is -3.88. The van der Waals surface area contributed by atoms with Gasteiger partial charge >= 0.3 is 5.91 Å². The van der Waals surface area contributed by atoms with Crippen molar-refractivity contribution in [1.82, 2.24) is 4.98 Å². The van der Waals surface area contributed by atoms with E-state index < -0.39 is 17.7 Å². The molecule has 1 unspecified atom stereocenters. The van der Waals surface area contributed by atoms with Crippen molar-refractivity contribution < 1.29 is 19.4 Å². The Balaban J connectivity index is 1.70. The van der Waals surface area contributed by atoms with Gasteiger partial charge in [0, 0.05) is 30.4 Å². The van der Waals surface area contributed by atoms with E-state index in [4.69, 9.17) is 16.3 Å². The zero-order chi connectivity index (χ0) is 25.6. The lowest BCUT2D eigenvalue weighted by Gasteiger charge is -2.23. The van der Waals surface area contributed by atoms with Crippen LogP contribution in [0.1, 0.15) is 17.2 Å². The smallest absolute Gasteiger partial charge is 0.301 e. The quantitative estimate of drug-likeness (QED) is 0.208. The minimum atomic E-state index is -0.862. The maximum Gasteiger partial charge on any atom is 0.301 e. The fourth-order valence-electron chi connectivity index (χ4n) is 4.19. The van der Waals surface area contributed by atoms with E-state index in [1.54, 1.807) is 49.6 Å². The highest BCUT2D eigenvalue weighted by atomic mass is 35.5. The molecule has 5 rings (SSSR count). The molecule has 182 valence electrons. The number of thiazole rings is 1. The maximum atomic E-state index is 13.4. The van der Waals surface area contributed by atoms with E-state index in [1.807, 2.05) is 43.3 Å². The van der Waals surface area contributed by atoms with Crippen molar-refractivity contribution in [1.29, 1.82) is 0 Å². The number of hydrogen-bond acceptors (Lipinski definition) is 7. The number of nitrogens with zero attached hydrogens (tertiary/aromatic N) is 3. The van der Waals surface area contributed by atoms with Crippen LogP contribution in [0.2, 0.25) is 5.02 Å². The zero-order valence-electron chi connectivity index (χ0n) is 19.7. The Labute approximate surface area is 216 Å². The predicted octanol–water partition coefficient (Wildman–Crippen LogP) is 5.65. The van der Waals surface area contributed by atoms with Crippen LogP contribution in [0.4, 0.5) is 10.8 Å². The number of ether oxygens (including phenoxy) is 1. The summed E-state index contributed by atoms with van der Waals surface area (Å²) in [6.07, 6.45) is 0. The van der Waals surface area contributed by atoms with Gasteiger partial charge < -0.3 is 14.7 Å². The van der Waals surface area contributed by atoms with Crippen molar-refractivity contribution in [2.24, 2.45) is 0 Å². The van der Waals surface area contributed by atoms with Gasteiger partial charge in [-0.3, -0.25) is 14.5 Å². The fraction of sp³-hybridized carbons (Fsp3) is 0.148. The molecular weight excluding hydrogens is 498 g/mol. The molecular formula is C27H22ClN3O4S. The van der Waals surface area contributed by atoms with Crippen LogP contribution >= 0.6 is 22.9 Å². The van der Waals surface area contributed by atoms with Crippen LogP contribution in [-0.2, 0) is 9.59 Å². The second-order valence-corrected chi connectivity index (χ2v) is 9.94. The molecule has 1 aromatic heterocycles. The number of halogens is 1. The number of amides is 1. The first-order valence-electron chi connectivity index (χ1n) is 11.1. The van der Waals surface area contributed by atoms with Gasteiger partial charge in [-0.05, 0) is 60.2 Å². The lowest BCUT2D eigenvalue weighted by atomic mass is 9.95. The number of aliphatic hydroxyl groups is 1. The largest absolute Gasteiger partial charge is 0.507 e. The second kappa shape index (κ2) is 9.29. The first-order valence-corrected chi connectivity index (χ1v) is 12.3. The third-order valence-electron chi connectivity index (χ3n) is 6.08. The average molecular weight is 520 g/mol. The minimum Gasteiger partial charge on any atom is -0.507 e. The molecule has 1 aliphatic rings. The molecule has 1 aliphatic heterocycles. The third-order valence-corrected chi connectivity index (χ3v) is 7.33. The van der Waals surface area contributed by atoms with Crippen molar-refractivity contribution in [3.63, 3.8) is 0 Å². The minimum absolute atomic E-state index is 0.0000541. The summed E-state index contributed by atoms with van der Waals surface area (Å²) >= 11 is 7.41. The molecule has 1 fully saturated rings. The highest BCUT2D eigenvalue weighted by Crippen LogP contribution is 2.44. The molecule has 4 aromatic rings. The standard InChI is InChI=1S/C27H22ClN3O4S/c1-30(2)18-9-4-15(5-10-18)23-22(24(32)16-6-11-19(35-3)12-7-16)25(33)26(34)31(23)27-29-20-13-8-17(28)14-21(20)36-27/h4-14,23,32H,1-3H3. The highest BCUT2D eigenvalue weighted by Gasteiger charge is 2.48. The van der Waals surface area contributed by atoms with Crippen LogP contribution in [0.15, 0.2) is 72.3 Å². The summed E-state index contributed by atoms with van der Waals surface area (Å²) in [4.78, 5) is 34.7. The van der Waals surface area contributed by atoms with Gasteiger partial charge in [0.15, 0.2) is 5.13 Å². The van der Waals surface area contributed by atoms with E-state index in [9.17, 15) is 14.7 Å². The van der Waals surface area contributed by atoms with E-state index in [2.05, 4.69) is 4.98 Å². The molecule has 0 bridgehead atoms. The van der Waals surface area contributed by atoms with Crippen LogP contribution < -0.4 is 14.5 Å². The number of aliphatic hydroxyl groups excluding tert-OH is 1. The Bertz CT molecular complexity index is 1510. The van der Waals surface area contributed by atoms with Crippen LogP contribution in [0, 0.1) is 0 Å². The number of carbonyl (C=O) groups is 2. The molecule has 0 saturated carbocycles. The summed E-state index contributed by atoms with van der Waals surface area (Å²) in [5, 5.41) is 12.2. The molecule has 3 aromatic carbocycles. The van der Waals surface area contributed by atoms with Gasteiger partial charge in [0.25, 0.3) is 5.78 Å². The van der Waals surface area contributed by atoms with Gasteiger partial charge in [-0.2, -0.15) is 0 Å². The van der Waals surface area contributed by atoms with E-state index in [1.165, 1.54) is 16.2 Å². The van der Waals surface area contributed by atoms with Gasteiger partial charge in [0.1, 0.15) is 11.5 Å². The van der Waals surface area contributed by atoms with Crippen LogP contribution in [0.25, 0.3) is 16.0 Å². The van der Waals surface area contributed by atoms with Gasteiger partial charge in [0.2, 0.25) is 0 Å². The molecule has 1 N–H and O–H groups in total. The molecule has 1 amide bonds. The highest BCUT2D eigenvalue weighted by molar-refractivity contribution is 7.22. The van der Waals surface area contributed by atoms with Crippen molar-refractivity contribution in [3.8, 4) is 5.75 Å². The molecule has 7 nitrogen and oxygen atoms in total. The number of carbonyl (C=O) groups excluding carboxylic acids is 2. The van der Waals surface area contributed by atoms with Crippen molar-refractivity contribution >= 4 is 61.4 Å². The van der Waals surface area contributed by atoms with Crippen LogP contribution in [-0.4, -0.2) is 43.0 Å². The summed E-state index contributed by atoms with van der Waals surface area (Å²) in [5.41, 5.74) is 2.70. The van der Waals surface area contributed by atoms with E-state index in [0.717, 1.165) is 10.4 Å². The second-order valence-electron chi connectivity index (χ2n) is 8.49. The summed E-state index contributed by atoms with van der Waals surface area (Å²) in [6.45, 7) is 0. The SMILES string of the molecule is COc1ccc(C(O)=C2C(=O)C(=O)N(c3nc4ccc(Cl)cc4s3)C2c2ccc(N(C)C)cc2)cc1. The molecule has 2 heterocycles. The molecule has 0 radical (unpaired) electrons. The number of methoxy groups -OCH3 is 1. The topological polar surface area (TPSA) is 83.0 Å². The summed E-state index contributed by atoms with van der Waals surface area (Å²) in [6, 6.07) is 18.6. The molecule has 1 atom stereocenters. The average Bonchev–Trinajstić information content (AvgIpc) is 3.41. The van der Waals surface area contributed by atoms with Crippen molar-refractivity contribution in [2.45, 2.75) is 6.04 Å².